The Balaban J connectivity index is 1.43. The third kappa shape index (κ3) is 3.23. The minimum Gasteiger partial charge on any atom is -0.467 e. The fourth-order valence-electron chi connectivity index (χ4n) is 3.13. The first-order valence-electron chi connectivity index (χ1n) is 8.59. The maximum Gasteiger partial charge on any atom is 0.253 e. The molecule has 0 radical (unpaired) electrons. The van der Waals surface area contributed by atoms with Crippen molar-refractivity contribution >= 4 is 45.7 Å². The number of rotatable bonds is 5. The van der Waals surface area contributed by atoms with Crippen LogP contribution in [0.15, 0.2) is 72.5 Å². The van der Waals surface area contributed by atoms with Gasteiger partial charge in [0.15, 0.2) is 10.1 Å². The molecule has 0 bridgehead atoms. The second kappa shape index (κ2) is 7.25. The van der Waals surface area contributed by atoms with Crippen molar-refractivity contribution in [2.45, 2.75) is 16.8 Å². The van der Waals surface area contributed by atoms with Gasteiger partial charge < -0.3 is 8.83 Å². The van der Waals surface area contributed by atoms with Gasteiger partial charge in [-0.3, -0.25) is 4.79 Å². The van der Waals surface area contributed by atoms with Crippen LogP contribution in [0.25, 0.3) is 11.0 Å². The lowest BCUT2D eigenvalue weighted by molar-refractivity contribution is -0.130. The van der Waals surface area contributed by atoms with E-state index >= 15 is 0 Å². The van der Waals surface area contributed by atoms with E-state index in [-0.39, 0.29) is 17.7 Å². The van der Waals surface area contributed by atoms with Crippen LogP contribution in [0.4, 0.5) is 0 Å². The van der Waals surface area contributed by atoms with E-state index in [4.69, 9.17) is 8.83 Å². The van der Waals surface area contributed by atoms with Gasteiger partial charge in [-0.1, -0.05) is 41.3 Å². The van der Waals surface area contributed by atoms with Crippen LogP contribution >= 0.6 is 23.1 Å². The first kappa shape index (κ1) is 17.2. The molecule has 0 spiro atoms. The molecule has 3 aromatic heterocycles. The van der Waals surface area contributed by atoms with Crippen molar-refractivity contribution in [3.63, 3.8) is 0 Å². The average Bonchev–Trinajstić information content (AvgIpc) is 3.51. The molecule has 0 fully saturated rings. The fourth-order valence-corrected chi connectivity index (χ4v) is 4.47. The van der Waals surface area contributed by atoms with E-state index in [0.717, 1.165) is 21.0 Å². The van der Waals surface area contributed by atoms with Gasteiger partial charge >= 0.3 is 0 Å². The van der Waals surface area contributed by atoms with Gasteiger partial charge in [0.2, 0.25) is 0 Å². The highest BCUT2D eigenvalue weighted by molar-refractivity contribution is 8.01. The second-order valence-electron chi connectivity index (χ2n) is 6.16. The number of hydrazone groups is 1. The Bertz CT molecular complexity index is 1100. The second-order valence-corrected chi connectivity index (χ2v) is 8.22. The Labute approximate surface area is 168 Å². The van der Waals surface area contributed by atoms with E-state index in [9.17, 15) is 4.79 Å². The Hall–Kier alpha value is -2.91. The highest BCUT2D eigenvalue weighted by Crippen LogP contribution is 2.35. The monoisotopic (exact) mass is 410 g/mol. The number of benzene rings is 1. The summed E-state index contributed by atoms with van der Waals surface area (Å²) in [6, 6.07) is 13.1. The molecule has 1 aliphatic heterocycles. The van der Waals surface area contributed by atoms with Crippen molar-refractivity contribution in [2.75, 3.05) is 5.75 Å². The van der Waals surface area contributed by atoms with Crippen LogP contribution in [0.1, 0.15) is 24.0 Å². The molecule has 1 atom stereocenters. The standard InChI is InChI=1S/C19H14N4O3S2/c24-18(10-27-19-21-20-11-28-19)23-14(16-6-3-7-25-16)9-13(22-23)17-8-12-4-1-2-5-15(12)26-17/h1-8,11,14H,9-10H2/t14-/m0/s1. The Morgan fingerprint density at radius 1 is 1.29 bits per heavy atom. The molecular weight excluding hydrogens is 396 g/mol. The number of amides is 1. The fraction of sp³-hybridized carbons (Fsp3) is 0.158. The lowest BCUT2D eigenvalue weighted by Crippen LogP contribution is -2.28. The lowest BCUT2D eigenvalue weighted by Gasteiger charge is -2.19. The van der Waals surface area contributed by atoms with Gasteiger partial charge in [-0.05, 0) is 24.3 Å². The van der Waals surface area contributed by atoms with Gasteiger partial charge in [-0.25, -0.2) is 5.01 Å². The summed E-state index contributed by atoms with van der Waals surface area (Å²) in [4.78, 5) is 12.9. The SMILES string of the molecule is O=C(CSc1nncs1)N1N=C(c2cc3ccccc3o2)C[C@H]1c1ccco1. The van der Waals surface area contributed by atoms with Crippen molar-refractivity contribution in [3.05, 3.63) is 65.8 Å². The summed E-state index contributed by atoms with van der Waals surface area (Å²) in [5.74, 6) is 1.48. The van der Waals surface area contributed by atoms with E-state index in [1.54, 1.807) is 11.8 Å². The summed E-state index contributed by atoms with van der Waals surface area (Å²) in [7, 11) is 0. The number of carbonyl (C=O) groups excluding carboxylic acids is 1. The summed E-state index contributed by atoms with van der Waals surface area (Å²) in [6.07, 6.45) is 2.13. The third-order valence-corrected chi connectivity index (χ3v) is 6.25. The lowest BCUT2D eigenvalue weighted by atomic mass is 10.1. The Morgan fingerprint density at radius 3 is 3.00 bits per heavy atom. The number of fused-ring (bicyclic) bond motifs is 1. The first-order valence-corrected chi connectivity index (χ1v) is 10.5. The number of hydrogen-bond donors (Lipinski definition) is 0. The van der Waals surface area contributed by atoms with Gasteiger partial charge in [-0.2, -0.15) is 5.10 Å². The van der Waals surface area contributed by atoms with E-state index in [2.05, 4.69) is 15.3 Å². The predicted molar refractivity (Wildman–Crippen MR) is 106 cm³/mol. The molecule has 1 aromatic carbocycles. The molecule has 0 aliphatic carbocycles. The van der Waals surface area contributed by atoms with Crippen LogP contribution in [0.3, 0.4) is 0 Å². The molecule has 4 heterocycles. The number of hydrogen-bond acceptors (Lipinski definition) is 8. The molecule has 1 amide bonds. The molecule has 7 nitrogen and oxygen atoms in total. The Morgan fingerprint density at radius 2 is 2.21 bits per heavy atom. The van der Waals surface area contributed by atoms with Gasteiger partial charge in [0.25, 0.3) is 5.91 Å². The summed E-state index contributed by atoms with van der Waals surface area (Å²) >= 11 is 2.76. The van der Waals surface area contributed by atoms with Crippen molar-refractivity contribution < 1.29 is 13.6 Å². The molecule has 0 N–H and O–H groups in total. The molecule has 4 aromatic rings. The molecule has 0 unspecified atom stereocenters. The highest BCUT2D eigenvalue weighted by Gasteiger charge is 2.36. The van der Waals surface area contributed by atoms with Gasteiger partial charge in [0, 0.05) is 11.8 Å². The van der Waals surface area contributed by atoms with Crippen molar-refractivity contribution in [3.8, 4) is 0 Å². The van der Waals surface area contributed by atoms with Crippen LogP contribution < -0.4 is 0 Å². The van der Waals surface area contributed by atoms with Crippen LogP contribution in [0.5, 0.6) is 0 Å². The first-order chi connectivity index (χ1) is 13.8. The van der Waals surface area contributed by atoms with E-state index in [0.29, 0.717) is 17.9 Å². The number of thioether (sulfide) groups is 1. The van der Waals surface area contributed by atoms with Crippen LogP contribution in [-0.2, 0) is 4.79 Å². The van der Waals surface area contributed by atoms with Crippen LogP contribution in [0.2, 0.25) is 0 Å². The van der Waals surface area contributed by atoms with Crippen molar-refractivity contribution in [1.82, 2.24) is 15.2 Å². The summed E-state index contributed by atoms with van der Waals surface area (Å²) < 4.78 is 12.3. The molecule has 0 saturated carbocycles. The molecule has 5 rings (SSSR count). The number of aromatic nitrogens is 2. The zero-order chi connectivity index (χ0) is 18.9. The number of nitrogens with zero attached hydrogens (tertiary/aromatic N) is 4. The molecule has 140 valence electrons. The number of carbonyl (C=O) groups is 1. The molecule has 9 heteroatoms. The maximum absolute atomic E-state index is 12.9. The van der Waals surface area contributed by atoms with Crippen molar-refractivity contribution in [2.24, 2.45) is 5.10 Å². The normalized spacial score (nSPS) is 16.6. The van der Waals surface area contributed by atoms with Crippen LogP contribution in [0, 0.1) is 0 Å². The molecule has 0 saturated heterocycles. The van der Waals surface area contributed by atoms with Gasteiger partial charge in [-0.15, -0.1) is 10.2 Å². The van der Waals surface area contributed by atoms with Crippen molar-refractivity contribution in [1.29, 1.82) is 0 Å². The topological polar surface area (TPSA) is 84.7 Å². The minimum absolute atomic E-state index is 0.118. The van der Waals surface area contributed by atoms with E-state index < -0.39 is 0 Å². The number of furan rings is 2. The predicted octanol–water partition coefficient (Wildman–Crippen LogP) is 4.35. The average molecular weight is 410 g/mol. The largest absolute Gasteiger partial charge is 0.467 e. The molecule has 1 aliphatic rings. The summed E-state index contributed by atoms with van der Waals surface area (Å²) in [5, 5.41) is 14.8. The molecule has 28 heavy (non-hydrogen) atoms. The van der Waals surface area contributed by atoms with Gasteiger partial charge in [0.1, 0.15) is 28.6 Å². The minimum atomic E-state index is -0.291. The van der Waals surface area contributed by atoms with Gasteiger partial charge in [0.05, 0.1) is 12.0 Å². The highest BCUT2D eigenvalue weighted by atomic mass is 32.2. The zero-order valence-electron chi connectivity index (χ0n) is 14.5. The van der Waals surface area contributed by atoms with E-state index in [1.807, 2.05) is 42.5 Å². The maximum atomic E-state index is 12.9. The smallest absolute Gasteiger partial charge is 0.253 e. The Kier molecular flexibility index (Phi) is 4.46. The summed E-state index contributed by atoms with van der Waals surface area (Å²) in [6.45, 7) is 0. The summed E-state index contributed by atoms with van der Waals surface area (Å²) in [5.41, 5.74) is 3.17. The molecular formula is C19H14N4O3S2. The third-order valence-electron chi connectivity index (χ3n) is 4.41. The quantitative estimate of drug-likeness (QED) is 0.455. The van der Waals surface area contributed by atoms with E-state index in [1.165, 1.54) is 28.1 Å². The zero-order valence-corrected chi connectivity index (χ0v) is 16.2. The number of para-hydroxylation sites is 1. The van der Waals surface area contributed by atoms with Crippen LogP contribution in [-0.4, -0.2) is 32.6 Å².